The first-order chi connectivity index (χ1) is 6.30. The standard InChI is InChI=1S/C10H18N2S/c1-3-12(4-2)7-10-5-9(6-11)8-13-10/h5,8H,3-4,6-7,11H2,1-2H3. The van der Waals surface area contributed by atoms with Crippen molar-refractivity contribution >= 4 is 11.3 Å². The summed E-state index contributed by atoms with van der Waals surface area (Å²) in [6.45, 7) is 8.35. The second-order valence-corrected chi connectivity index (χ2v) is 4.08. The highest BCUT2D eigenvalue weighted by Crippen LogP contribution is 2.16. The Kier molecular flexibility index (Phi) is 4.42. The summed E-state index contributed by atoms with van der Waals surface area (Å²) < 4.78 is 0. The molecule has 1 aromatic heterocycles. The van der Waals surface area contributed by atoms with Crippen LogP contribution in [0.4, 0.5) is 0 Å². The third-order valence-corrected chi connectivity index (χ3v) is 3.19. The van der Waals surface area contributed by atoms with Crippen molar-refractivity contribution in [3.63, 3.8) is 0 Å². The zero-order valence-electron chi connectivity index (χ0n) is 8.42. The van der Waals surface area contributed by atoms with Crippen molar-refractivity contribution in [2.45, 2.75) is 26.9 Å². The normalized spacial score (nSPS) is 11.1. The third-order valence-electron chi connectivity index (χ3n) is 2.22. The summed E-state index contributed by atoms with van der Waals surface area (Å²) in [6, 6.07) is 2.21. The van der Waals surface area contributed by atoms with Crippen LogP contribution in [0.1, 0.15) is 24.3 Å². The van der Waals surface area contributed by atoms with Gasteiger partial charge in [-0.15, -0.1) is 11.3 Å². The Morgan fingerprint density at radius 2 is 2.08 bits per heavy atom. The van der Waals surface area contributed by atoms with Crippen LogP contribution in [-0.2, 0) is 13.1 Å². The molecule has 0 spiro atoms. The van der Waals surface area contributed by atoms with Gasteiger partial charge in [0.1, 0.15) is 0 Å². The first-order valence-electron chi connectivity index (χ1n) is 4.78. The second-order valence-electron chi connectivity index (χ2n) is 3.09. The molecule has 0 atom stereocenters. The Morgan fingerprint density at radius 3 is 2.54 bits per heavy atom. The minimum absolute atomic E-state index is 0.661. The number of hydrogen-bond donors (Lipinski definition) is 1. The van der Waals surface area contributed by atoms with E-state index in [0.717, 1.165) is 19.6 Å². The van der Waals surface area contributed by atoms with Gasteiger partial charge in [-0.2, -0.15) is 0 Å². The van der Waals surface area contributed by atoms with Crippen LogP contribution in [0.5, 0.6) is 0 Å². The Morgan fingerprint density at radius 1 is 1.38 bits per heavy atom. The van der Waals surface area contributed by atoms with Gasteiger partial charge in [0.2, 0.25) is 0 Å². The van der Waals surface area contributed by atoms with Crippen LogP contribution in [0.25, 0.3) is 0 Å². The Balaban J connectivity index is 2.52. The summed E-state index contributed by atoms with van der Waals surface area (Å²) in [5, 5.41) is 2.15. The molecule has 0 saturated carbocycles. The summed E-state index contributed by atoms with van der Waals surface area (Å²) in [5.41, 5.74) is 6.81. The van der Waals surface area contributed by atoms with Gasteiger partial charge in [-0.05, 0) is 30.1 Å². The van der Waals surface area contributed by atoms with Crippen molar-refractivity contribution in [3.8, 4) is 0 Å². The highest BCUT2D eigenvalue weighted by molar-refractivity contribution is 7.10. The molecular formula is C10H18N2S. The molecule has 74 valence electrons. The van der Waals surface area contributed by atoms with E-state index in [2.05, 4.69) is 30.2 Å². The average molecular weight is 198 g/mol. The van der Waals surface area contributed by atoms with E-state index in [1.165, 1.54) is 10.4 Å². The predicted octanol–water partition coefficient (Wildman–Crippen LogP) is 2.05. The lowest BCUT2D eigenvalue weighted by atomic mass is 10.3. The molecule has 1 aromatic rings. The highest BCUT2D eigenvalue weighted by atomic mass is 32.1. The van der Waals surface area contributed by atoms with Gasteiger partial charge in [-0.25, -0.2) is 0 Å². The highest BCUT2D eigenvalue weighted by Gasteiger charge is 2.03. The molecule has 13 heavy (non-hydrogen) atoms. The van der Waals surface area contributed by atoms with E-state index >= 15 is 0 Å². The zero-order chi connectivity index (χ0) is 9.68. The van der Waals surface area contributed by atoms with Crippen molar-refractivity contribution in [2.75, 3.05) is 13.1 Å². The zero-order valence-corrected chi connectivity index (χ0v) is 9.23. The van der Waals surface area contributed by atoms with Crippen LogP contribution in [0.3, 0.4) is 0 Å². The number of hydrogen-bond acceptors (Lipinski definition) is 3. The number of nitrogens with two attached hydrogens (primary N) is 1. The molecule has 0 aromatic carbocycles. The molecule has 1 rings (SSSR count). The smallest absolute Gasteiger partial charge is 0.0327 e. The van der Waals surface area contributed by atoms with Crippen molar-refractivity contribution in [1.82, 2.24) is 4.90 Å². The maximum absolute atomic E-state index is 5.55. The van der Waals surface area contributed by atoms with E-state index in [9.17, 15) is 0 Å². The van der Waals surface area contributed by atoms with Gasteiger partial charge in [0.25, 0.3) is 0 Å². The molecule has 0 bridgehead atoms. The summed E-state index contributed by atoms with van der Waals surface area (Å²) in [4.78, 5) is 3.83. The number of thiophene rings is 1. The van der Waals surface area contributed by atoms with Crippen LogP contribution in [0.2, 0.25) is 0 Å². The second kappa shape index (κ2) is 5.37. The predicted molar refractivity (Wildman–Crippen MR) is 58.8 cm³/mol. The third kappa shape index (κ3) is 3.10. The molecule has 0 aliphatic carbocycles. The van der Waals surface area contributed by atoms with Crippen LogP contribution in [-0.4, -0.2) is 18.0 Å². The molecule has 0 aliphatic rings. The van der Waals surface area contributed by atoms with Crippen LogP contribution < -0.4 is 5.73 Å². The lowest BCUT2D eigenvalue weighted by Gasteiger charge is -2.16. The van der Waals surface area contributed by atoms with E-state index in [1.807, 2.05) is 11.3 Å². The van der Waals surface area contributed by atoms with Crippen LogP contribution >= 0.6 is 11.3 Å². The van der Waals surface area contributed by atoms with Gasteiger partial charge < -0.3 is 5.73 Å². The van der Waals surface area contributed by atoms with Crippen molar-refractivity contribution in [2.24, 2.45) is 5.73 Å². The van der Waals surface area contributed by atoms with Gasteiger partial charge in [-0.3, -0.25) is 4.90 Å². The number of rotatable bonds is 5. The summed E-state index contributed by atoms with van der Waals surface area (Å²) in [6.07, 6.45) is 0. The molecule has 2 nitrogen and oxygen atoms in total. The molecule has 0 unspecified atom stereocenters. The molecular weight excluding hydrogens is 180 g/mol. The lowest BCUT2D eigenvalue weighted by molar-refractivity contribution is 0.298. The molecule has 1 heterocycles. The molecule has 0 radical (unpaired) electrons. The summed E-state index contributed by atoms with van der Waals surface area (Å²) in [5.74, 6) is 0. The summed E-state index contributed by atoms with van der Waals surface area (Å²) >= 11 is 1.81. The summed E-state index contributed by atoms with van der Waals surface area (Å²) in [7, 11) is 0. The minimum atomic E-state index is 0.661. The fourth-order valence-corrected chi connectivity index (χ4v) is 2.23. The van der Waals surface area contributed by atoms with Crippen molar-refractivity contribution in [1.29, 1.82) is 0 Å². The molecule has 0 fully saturated rings. The molecule has 0 aliphatic heterocycles. The van der Waals surface area contributed by atoms with Gasteiger partial charge >= 0.3 is 0 Å². The van der Waals surface area contributed by atoms with Gasteiger partial charge in [0.15, 0.2) is 0 Å². The van der Waals surface area contributed by atoms with Gasteiger partial charge in [0.05, 0.1) is 0 Å². The van der Waals surface area contributed by atoms with Crippen molar-refractivity contribution < 1.29 is 0 Å². The SMILES string of the molecule is CCN(CC)Cc1cc(CN)cs1. The monoisotopic (exact) mass is 198 g/mol. The maximum atomic E-state index is 5.55. The first-order valence-corrected chi connectivity index (χ1v) is 5.66. The average Bonchev–Trinajstić information content (AvgIpc) is 2.61. The molecule has 0 saturated heterocycles. The Hall–Kier alpha value is -0.380. The van der Waals surface area contributed by atoms with Crippen LogP contribution in [0, 0.1) is 0 Å². The van der Waals surface area contributed by atoms with Gasteiger partial charge in [0, 0.05) is 18.0 Å². The first kappa shape index (κ1) is 10.7. The fourth-order valence-electron chi connectivity index (χ4n) is 1.28. The Labute approximate surface area is 84.4 Å². The van der Waals surface area contributed by atoms with E-state index in [-0.39, 0.29) is 0 Å². The Bertz CT molecular complexity index is 241. The fraction of sp³-hybridized carbons (Fsp3) is 0.600. The quantitative estimate of drug-likeness (QED) is 0.784. The topological polar surface area (TPSA) is 29.3 Å². The van der Waals surface area contributed by atoms with E-state index < -0.39 is 0 Å². The molecule has 0 amide bonds. The minimum Gasteiger partial charge on any atom is -0.326 e. The van der Waals surface area contributed by atoms with Crippen molar-refractivity contribution in [3.05, 3.63) is 21.9 Å². The van der Waals surface area contributed by atoms with E-state index in [0.29, 0.717) is 6.54 Å². The van der Waals surface area contributed by atoms with E-state index in [1.54, 1.807) is 0 Å². The maximum Gasteiger partial charge on any atom is 0.0327 e. The lowest BCUT2D eigenvalue weighted by Crippen LogP contribution is -2.21. The van der Waals surface area contributed by atoms with E-state index in [4.69, 9.17) is 5.73 Å². The molecule has 2 N–H and O–H groups in total. The largest absolute Gasteiger partial charge is 0.326 e. The molecule has 3 heteroatoms. The number of nitrogens with zero attached hydrogens (tertiary/aromatic N) is 1. The van der Waals surface area contributed by atoms with Gasteiger partial charge in [-0.1, -0.05) is 13.8 Å². The van der Waals surface area contributed by atoms with Crippen LogP contribution in [0.15, 0.2) is 11.4 Å².